The van der Waals surface area contributed by atoms with Crippen molar-refractivity contribution in [1.82, 2.24) is 0 Å². The molecule has 0 aliphatic heterocycles. The number of alkyl halides is 3. The summed E-state index contributed by atoms with van der Waals surface area (Å²) in [6, 6.07) is 6.04. The second-order valence-electron chi connectivity index (χ2n) is 2.53. The zero-order valence-electron chi connectivity index (χ0n) is 6.84. The lowest BCUT2D eigenvalue weighted by molar-refractivity contribution is -0.0386. The molecule has 0 amide bonds. The molecule has 1 aromatic carbocycles. The fourth-order valence-electron chi connectivity index (χ4n) is 0.839. The lowest BCUT2D eigenvalue weighted by atomic mass is 10.2. The Hall–Kier alpha value is -0.550. The summed E-state index contributed by atoms with van der Waals surface area (Å²) in [4.78, 5) is 0. The summed E-state index contributed by atoms with van der Waals surface area (Å²) in [5, 5.41) is 0.199. The normalized spacial score (nSPS) is 14.0. The molecule has 0 aliphatic rings. The molecule has 1 nitrogen and oxygen atoms in total. The van der Waals surface area contributed by atoms with E-state index in [1.807, 2.05) is 0 Å². The minimum Gasteiger partial charge on any atom is -0.250 e. The Labute approximate surface area is 86.3 Å². The summed E-state index contributed by atoms with van der Waals surface area (Å²) in [5.41, 5.74) is -4.44. The Morgan fingerprint density at radius 3 is 2.36 bits per heavy atom. The SMILES string of the molecule is O=S(Cc1ccccc1Cl)C(F)(F)F. The maximum atomic E-state index is 11.9. The molecule has 0 saturated carbocycles. The summed E-state index contributed by atoms with van der Waals surface area (Å²) in [6.45, 7) is 0. The summed E-state index contributed by atoms with van der Waals surface area (Å²) < 4.78 is 46.5. The first-order valence-electron chi connectivity index (χ1n) is 3.60. The average Bonchev–Trinajstić information content (AvgIpc) is 2.07. The third-order valence-electron chi connectivity index (χ3n) is 1.50. The van der Waals surface area contributed by atoms with Crippen LogP contribution in [0.15, 0.2) is 24.3 Å². The molecule has 1 atom stereocenters. The first kappa shape index (κ1) is 11.5. The molecule has 0 saturated heterocycles. The van der Waals surface area contributed by atoms with Crippen molar-refractivity contribution in [2.45, 2.75) is 11.3 Å². The third-order valence-corrected chi connectivity index (χ3v) is 2.96. The van der Waals surface area contributed by atoms with Crippen molar-refractivity contribution in [2.24, 2.45) is 0 Å². The van der Waals surface area contributed by atoms with Gasteiger partial charge in [0.15, 0.2) is 0 Å². The Bertz CT molecular complexity index is 351. The van der Waals surface area contributed by atoms with E-state index in [0.29, 0.717) is 0 Å². The van der Waals surface area contributed by atoms with Crippen LogP contribution in [0.3, 0.4) is 0 Å². The molecule has 6 heteroatoms. The molecule has 14 heavy (non-hydrogen) atoms. The third kappa shape index (κ3) is 2.99. The zero-order chi connectivity index (χ0) is 10.8. The van der Waals surface area contributed by atoms with Crippen LogP contribution in [-0.4, -0.2) is 9.72 Å². The van der Waals surface area contributed by atoms with E-state index < -0.39 is 22.1 Å². The molecule has 78 valence electrons. The molecule has 1 aromatic rings. The van der Waals surface area contributed by atoms with E-state index in [1.54, 1.807) is 12.1 Å². The fourth-order valence-corrected chi connectivity index (χ4v) is 1.82. The van der Waals surface area contributed by atoms with Crippen molar-refractivity contribution in [3.63, 3.8) is 0 Å². The monoisotopic (exact) mass is 242 g/mol. The van der Waals surface area contributed by atoms with Crippen LogP contribution in [0.5, 0.6) is 0 Å². The summed E-state index contributed by atoms with van der Waals surface area (Å²) in [7, 11) is -2.88. The van der Waals surface area contributed by atoms with E-state index in [0.717, 1.165) is 0 Å². The Morgan fingerprint density at radius 2 is 1.86 bits per heavy atom. The van der Waals surface area contributed by atoms with Gasteiger partial charge in [0.1, 0.15) is 10.8 Å². The van der Waals surface area contributed by atoms with Crippen LogP contribution < -0.4 is 0 Å². The largest absolute Gasteiger partial charge is 0.471 e. The lowest BCUT2D eigenvalue weighted by Crippen LogP contribution is -2.17. The highest BCUT2D eigenvalue weighted by molar-refractivity contribution is 7.85. The molecule has 0 fully saturated rings. The number of hydrogen-bond donors (Lipinski definition) is 0. The molecule has 0 heterocycles. The van der Waals surface area contributed by atoms with E-state index in [-0.39, 0.29) is 10.6 Å². The van der Waals surface area contributed by atoms with Gasteiger partial charge in [-0.25, -0.2) is 0 Å². The van der Waals surface area contributed by atoms with E-state index in [4.69, 9.17) is 11.6 Å². The van der Waals surface area contributed by atoms with Crippen LogP contribution >= 0.6 is 11.6 Å². The summed E-state index contributed by atoms with van der Waals surface area (Å²) >= 11 is 5.62. The zero-order valence-corrected chi connectivity index (χ0v) is 8.42. The molecule has 1 rings (SSSR count). The minimum atomic E-state index is -4.68. The molecule has 0 bridgehead atoms. The molecular formula is C8H6ClF3OS. The maximum absolute atomic E-state index is 11.9. The second kappa shape index (κ2) is 4.31. The first-order chi connectivity index (χ1) is 6.41. The van der Waals surface area contributed by atoms with Gasteiger partial charge in [-0.2, -0.15) is 13.2 Å². The van der Waals surface area contributed by atoms with Crippen molar-refractivity contribution in [2.75, 3.05) is 0 Å². The van der Waals surface area contributed by atoms with Crippen LogP contribution in [0.1, 0.15) is 5.56 Å². The predicted octanol–water partition coefficient (Wildman–Crippen LogP) is 3.11. The van der Waals surface area contributed by atoms with Gasteiger partial charge in [0, 0.05) is 5.02 Å². The van der Waals surface area contributed by atoms with Crippen LogP contribution in [-0.2, 0) is 16.6 Å². The van der Waals surface area contributed by atoms with E-state index >= 15 is 0 Å². The van der Waals surface area contributed by atoms with E-state index in [2.05, 4.69) is 0 Å². The van der Waals surface area contributed by atoms with Crippen LogP contribution in [0.2, 0.25) is 5.02 Å². The molecule has 0 spiro atoms. The van der Waals surface area contributed by atoms with Gasteiger partial charge < -0.3 is 0 Å². The van der Waals surface area contributed by atoms with Gasteiger partial charge >= 0.3 is 5.51 Å². The highest BCUT2D eigenvalue weighted by Crippen LogP contribution is 2.25. The van der Waals surface area contributed by atoms with Crippen molar-refractivity contribution < 1.29 is 17.4 Å². The molecule has 0 aromatic heterocycles. The lowest BCUT2D eigenvalue weighted by Gasteiger charge is -2.06. The van der Waals surface area contributed by atoms with Gasteiger partial charge in [-0.15, -0.1) is 0 Å². The van der Waals surface area contributed by atoms with Crippen LogP contribution in [0.4, 0.5) is 13.2 Å². The van der Waals surface area contributed by atoms with E-state index in [9.17, 15) is 17.4 Å². The van der Waals surface area contributed by atoms with Crippen molar-refractivity contribution in [1.29, 1.82) is 0 Å². The second-order valence-corrected chi connectivity index (χ2v) is 4.38. The smallest absolute Gasteiger partial charge is 0.250 e. The van der Waals surface area contributed by atoms with Gasteiger partial charge in [-0.3, -0.25) is 4.21 Å². The molecule has 0 N–H and O–H groups in total. The predicted molar refractivity (Wildman–Crippen MR) is 49.4 cm³/mol. The average molecular weight is 243 g/mol. The van der Waals surface area contributed by atoms with Gasteiger partial charge in [-0.05, 0) is 11.6 Å². The molecule has 0 radical (unpaired) electrons. The number of benzene rings is 1. The van der Waals surface area contributed by atoms with Crippen molar-refractivity contribution in [3.05, 3.63) is 34.9 Å². The molecular weight excluding hydrogens is 237 g/mol. The van der Waals surface area contributed by atoms with Crippen molar-refractivity contribution in [3.8, 4) is 0 Å². The Balaban J connectivity index is 2.80. The van der Waals surface area contributed by atoms with Crippen molar-refractivity contribution >= 4 is 22.4 Å². The maximum Gasteiger partial charge on any atom is 0.471 e. The Morgan fingerprint density at radius 1 is 1.29 bits per heavy atom. The van der Waals surface area contributed by atoms with Gasteiger partial charge in [0.2, 0.25) is 0 Å². The molecule has 0 aliphatic carbocycles. The summed E-state index contributed by atoms with van der Waals surface area (Å²) in [6.07, 6.45) is 0. The number of rotatable bonds is 2. The highest BCUT2D eigenvalue weighted by Gasteiger charge is 2.36. The topological polar surface area (TPSA) is 17.1 Å². The van der Waals surface area contributed by atoms with Gasteiger partial charge in [0.05, 0.1) is 5.75 Å². The number of hydrogen-bond acceptors (Lipinski definition) is 1. The standard InChI is InChI=1S/C8H6ClF3OS/c9-7-4-2-1-3-6(7)5-14(13)8(10,11)12/h1-4H,5H2. The van der Waals surface area contributed by atoms with Crippen LogP contribution in [0.25, 0.3) is 0 Å². The minimum absolute atomic E-state index is 0.199. The van der Waals surface area contributed by atoms with E-state index in [1.165, 1.54) is 12.1 Å². The quantitative estimate of drug-likeness (QED) is 0.779. The molecule has 1 unspecified atom stereocenters. The van der Waals surface area contributed by atoms with Crippen LogP contribution in [0, 0.1) is 0 Å². The van der Waals surface area contributed by atoms with Gasteiger partial charge in [-0.1, -0.05) is 29.8 Å². The fraction of sp³-hybridized carbons (Fsp3) is 0.250. The van der Waals surface area contributed by atoms with Gasteiger partial charge in [0.25, 0.3) is 0 Å². The highest BCUT2D eigenvalue weighted by atomic mass is 35.5. The first-order valence-corrected chi connectivity index (χ1v) is 5.29. The number of halogens is 4. The Kier molecular flexibility index (Phi) is 3.55. The summed E-state index contributed by atoms with van der Waals surface area (Å²) in [5.74, 6) is -0.594.